The monoisotopic (exact) mass is 385 g/mol. The van der Waals surface area contributed by atoms with Crippen LogP contribution in [0.4, 0.5) is 0 Å². The van der Waals surface area contributed by atoms with Crippen LogP contribution in [0.3, 0.4) is 0 Å². The van der Waals surface area contributed by atoms with Crippen LogP contribution in [0.1, 0.15) is 5.56 Å². The fourth-order valence-electron chi connectivity index (χ4n) is 2.25. The number of H-pyrrole nitrogens is 1. The zero-order valence-electron chi connectivity index (χ0n) is 13.1. The Kier molecular flexibility index (Phi) is 5.49. The van der Waals surface area contributed by atoms with E-state index in [0.29, 0.717) is 15.9 Å². The van der Waals surface area contributed by atoms with E-state index < -0.39 is 5.56 Å². The fraction of sp³-hybridized carbons (Fsp3) is 0.0556. The second kappa shape index (κ2) is 7.79. The average molecular weight is 386 g/mol. The van der Waals surface area contributed by atoms with Gasteiger partial charge in [0.2, 0.25) is 0 Å². The van der Waals surface area contributed by atoms with Crippen molar-refractivity contribution in [3.8, 4) is 17.3 Å². The molecule has 0 saturated carbocycles. The Bertz CT molecular complexity index is 1030. The standard InChI is InChI=1S/C18H12ClN3OS2/c1-24-18-21-16(12(10-20)17(23)22-18)11-6-2-4-8-14(11)25-15-9-5-3-7-13(15)19/h2-9H,1H3,(H,21,22,23). The summed E-state index contributed by atoms with van der Waals surface area (Å²) in [6.45, 7) is 0. The van der Waals surface area contributed by atoms with Gasteiger partial charge in [0.05, 0.1) is 10.7 Å². The van der Waals surface area contributed by atoms with Crippen molar-refractivity contribution < 1.29 is 0 Å². The molecular formula is C18H12ClN3OS2. The third-order valence-corrected chi connectivity index (χ3v) is 5.58. The van der Waals surface area contributed by atoms with E-state index in [1.54, 1.807) is 0 Å². The van der Waals surface area contributed by atoms with E-state index in [-0.39, 0.29) is 5.56 Å². The highest BCUT2D eigenvalue weighted by atomic mass is 35.5. The summed E-state index contributed by atoms with van der Waals surface area (Å²) in [6.07, 6.45) is 1.82. The number of nitrogens with one attached hydrogen (secondary N) is 1. The molecule has 0 aliphatic carbocycles. The molecule has 0 spiro atoms. The SMILES string of the molecule is CSc1nc(-c2ccccc2Sc2ccccc2Cl)c(C#N)c(=O)[nH]1. The lowest BCUT2D eigenvalue weighted by Gasteiger charge is -2.11. The number of hydrogen-bond acceptors (Lipinski definition) is 5. The van der Waals surface area contributed by atoms with Crippen LogP contribution >= 0.6 is 35.1 Å². The van der Waals surface area contributed by atoms with Gasteiger partial charge in [0.15, 0.2) is 5.16 Å². The summed E-state index contributed by atoms with van der Waals surface area (Å²) in [5.41, 5.74) is 0.676. The Morgan fingerprint density at radius 2 is 1.80 bits per heavy atom. The predicted molar refractivity (Wildman–Crippen MR) is 102 cm³/mol. The maximum Gasteiger partial charge on any atom is 0.270 e. The second-order valence-corrected chi connectivity index (χ2v) is 7.23. The molecule has 3 aromatic rings. The van der Waals surface area contributed by atoms with Crippen molar-refractivity contribution >= 4 is 35.1 Å². The third kappa shape index (κ3) is 3.74. The largest absolute Gasteiger partial charge is 0.300 e. The Morgan fingerprint density at radius 1 is 1.12 bits per heavy atom. The average Bonchev–Trinajstić information content (AvgIpc) is 2.63. The maximum atomic E-state index is 12.2. The van der Waals surface area contributed by atoms with Crippen molar-refractivity contribution in [2.75, 3.05) is 6.26 Å². The number of aromatic nitrogens is 2. The van der Waals surface area contributed by atoms with Crippen LogP contribution in [-0.2, 0) is 0 Å². The molecule has 0 atom stereocenters. The van der Waals surface area contributed by atoms with Crippen molar-refractivity contribution in [2.45, 2.75) is 14.9 Å². The van der Waals surface area contributed by atoms with Gasteiger partial charge in [-0.25, -0.2) is 4.98 Å². The smallest absolute Gasteiger partial charge is 0.270 e. The lowest BCUT2D eigenvalue weighted by Crippen LogP contribution is -2.14. The zero-order chi connectivity index (χ0) is 17.8. The minimum Gasteiger partial charge on any atom is -0.300 e. The Labute approximate surface area is 158 Å². The van der Waals surface area contributed by atoms with Crippen LogP contribution in [0.15, 0.2) is 68.3 Å². The number of benzene rings is 2. The first kappa shape index (κ1) is 17.6. The van der Waals surface area contributed by atoms with Gasteiger partial charge in [-0.15, -0.1) is 0 Å². The van der Waals surface area contributed by atoms with Crippen LogP contribution in [0.2, 0.25) is 5.02 Å². The van der Waals surface area contributed by atoms with Gasteiger partial charge in [-0.1, -0.05) is 65.5 Å². The number of halogens is 1. The molecule has 3 rings (SSSR count). The molecule has 2 aromatic carbocycles. The van der Waals surface area contributed by atoms with Crippen molar-refractivity contribution in [1.82, 2.24) is 9.97 Å². The molecular weight excluding hydrogens is 374 g/mol. The molecule has 124 valence electrons. The van der Waals surface area contributed by atoms with E-state index in [9.17, 15) is 10.1 Å². The lowest BCUT2D eigenvalue weighted by atomic mass is 10.1. The van der Waals surface area contributed by atoms with Gasteiger partial charge in [0.1, 0.15) is 11.6 Å². The van der Waals surface area contributed by atoms with Crippen molar-refractivity contribution in [2.24, 2.45) is 0 Å². The van der Waals surface area contributed by atoms with Gasteiger partial charge >= 0.3 is 0 Å². The summed E-state index contributed by atoms with van der Waals surface area (Å²) in [5.74, 6) is 0. The Balaban J connectivity index is 2.17. The highest BCUT2D eigenvalue weighted by Gasteiger charge is 2.17. The highest BCUT2D eigenvalue weighted by molar-refractivity contribution is 7.99. The first-order chi connectivity index (χ1) is 12.1. The van der Waals surface area contributed by atoms with Crippen molar-refractivity contribution in [1.29, 1.82) is 5.26 Å². The maximum absolute atomic E-state index is 12.2. The van der Waals surface area contributed by atoms with Gasteiger partial charge in [0, 0.05) is 15.4 Å². The topological polar surface area (TPSA) is 69.5 Å². The van der Waals surface area contributed by atoms with Crippen molar-refractivity contribution in [3.63, 3.8) is 0 Å². The fourth-order valence-corrected chi connectivity index (χ4v) is 3.84. The molecule has 1 aromatic heterocycles. The molecule has 0 bridgehead atoms. The molecule has 7 heteroatoms. The van der Waals surface area contributed by atoms with Crippen LogP contribution in [0, 0.1) is 11.3 Å². The van der Waals surface area contributed by atoms with E-state index in [4.69, 9.17) is 11.6 Å². The first-order valence-corrected chi connectivity index (χ1v) is 9.66. The zero-order valence-corrected chi connectivity index (χ0v) is 15.5. The molecule has 1 N–H and O–H groups in total. The number of thioether (sulfide) groups is 1. The molecule has 0 radical (unpaired) electrons. The summed E-state index contributed by atoms with van der Waals surface area (Å²) in [7, 11) is 0. The Morgan fingerprint density at radius 3 is 2.48 bits per heavy atom. The van der Waals surface area contributed by atoms with Crippen LogP contribution in [0.25, 0.3) is 11.3 Å². The first-order valence-electron chi connectivity index (χ1n) is 7.24. The van der Waals surface area contributed by atoms with Crippen molar-refractivity contribution in [3.05, 3.63) is 69.5 Å². The molecule has 0 amide bonds. The quantitative estimate of drug-likeness (QED) is 0.514. The van der Waals surface area contributed by atoms with E-state index in [1.165, 1.54) is 23.5 Å². The molecule has 0 unspecified atom stereocenters. The molecule has 1 heterocycles. The normalized spacial score (nSPS) is 10.4. The minimum atomic E-state index is -0.436. The summed E-state index contributed by atoms with van der Waals surface area (Å²) < 4.78 is 0. The van der Waals surface area contributed by atoms with E-state index in [1.807, 2.05) is 60.9 Å². The van der Waals surface area contributed by atoms with Gasteiger partial charge in [-0.3, -0.25) is 4.79 Å². The summed E-state index contributed by atoms with van der Waals surface area (Å²) in [4.78, 5) is 21.0. The minimum absolute atomic E-state index is 0.00464. The molecule has 0 aliphatic heterocycles. The summed E-state index contributed by atoms with van der Waals surface area (Å²) in [5, 5.41) is 10.5. The molecule has 0 saturated heterocycles. The number of hydrogen-bond donors (Lipinski definition) is 1. The number of rotatable bonds is 4. The number of nitriles is 1. The van der Waals surface area contributed by atoms with E-state index >= 15 is 0 Å². The van der Waals surface area contributed by atoms with Crippen LogP contribution < -0.4 is 5.56 Å². The third-order valence-electron chi connectivity index (χ3n) is 3.40. The number of nitrogens with zero attached hydrogens (tertiary/aromatic N) is 2. The van der Waals surface area contributed by atoms with E-state index in [0.717, 1.165) is 15.4 Å². The molecule has 0 fully saturated rings. The predicted octanol–water partition coefficient (Wildman–Crippen LogP) is 4.84. The second-order valence-electron chi connectivity index (χ2n) is 4.94. The van der Waals surface area contributed by atoms with E-state index in [2.05, 4.69) is 9.97 Å². The summed E-state index contributed by atoms with van der Waals surface area (Å²) >= 11 is 9.05. The highest BCUT2D eigenvalue weighted by Crippen LogP contribution is 2.38. The lowest BCUT2D eigenvalue weighted by molar-refractivity contribution is 0.935. The van der Waals surface area contributed by atoms with Gasteiger partial charge in [-0.2, -0.15) is 5.26 Å². The van der Waals surface area contributed by atoms with Crippen LogP contribution in [0.5, 0.6) is 0 Å². The molecule has 0 aliphatic rings. The van der Waals surface area contributed by atoms with Crippen LogP contribution in [-0.4, -0.2) is 16.2 Å². The molecule has 25 heavy (non-hydrogen) atoms. The number of aromatic amines is 1. The summed E-state index contributed by atoms with van der Waals surface area (Å²) in [6, 6.07) is 17.0. The molecule has 4 nitrogen and oxygen atoms in total. The van der Waals surface area contributed by atoms with Gasteiger partial charge in [0.25, 0.3) is 5.56 Å². The van der Waals surface area contributed by atoms with Gasteiger partial charge < -0.3 is 4.98 Å². The Hall–Kier alpha value is -2.20. The van der Waals surface area contributed by atoms with Gasteiger partial charge in [-0.05, 0) is 24.5 Å².